The van der Waals surface area contributed by atoms with Gasteiger partial charge in [0, 0.05) is 48.2 Å². The van der Waals surface area contributed by atoms with E-state index in [4.69, 9.17) is 19.3 Å². The van der Waals surface area contributed by atoms with E-state index in [1.54, 1.807) is 0 Å². The van der Waals surface area contributed by atoms with Crippen molar-refractivity contribution >= 4 is 17.0 Å². The maximum absolute atomic E-state index is 16.1. The number of likely N-dealkylation sites (tertiary alicyclic amines) is 1. The van der Waals surface area contributed by atoms with Gasteiger partial charge in [0.05, 0.1) is 24.8 Å². The fourth-order valence-electron chi connectivity index (χ4n) is 6.89. The van der Waals surface area contributed by atoms with Gasteiger partial charge in [-0.3, -0.25) is 4.90 Å². The van der Waals surface area contributed by atoms with E-state index >= 15 is 8.78 Å². The molecule has 8 nitrogen and oxygen atoms in total. The standard InChI is InChI=1S/C34H44F2N4O4/c1-20(2)13-29-31(23-10-11-28-24(25(23)19-38(29)6)16-37-40(28)30-9-7-8-12-42-30)32-26(35)14-21(15-27(32)36)43-22-17-39(18-22)33(41)44-34(3,4)5/h10-11,14-16,20,22,29-31H,7-9,12-13,17-19H2,1-6H3/t29-,30?,31+/m0/s1. The molecule has 3 aliphatic rings. The largest absolute Gasteiger partial charge is 0.487 e. The van der Waals surface area contributed by atoms with E-state index in [-0.39, 0.29) is 29.7 Å². The molecule has 238 valence electrons. The van der Waals surface area contributed by atoms with Crippen molar-refractivity contribution in [3.63, 3.8) is 0 Å². The molecule has 2 aromatic carbocycles. The zero-order valence-corrected chi connectivity index (χ0v) is 26.6. The molecule has 2 fully saturated rings. The Morgan fingerprint density at radius 2 is 1.86 bits per heavy atom. The molecular formula is C34H44F2N4O4. The number of benzene rings is 2. The molecule has 10 heteroatoms. The van der Waals surface area contributed by atoms with E-state index in [9.17, 15) is 4.79 Å². The van der Waals surface area contributed by atoms with E-state index in [2.05, 4.69) is 18.7 Å². The van der Waals surface area contributed by atoms with Crippen LogP contribution in [0, 0.1) is 17.6 Å². The van der Waals surface area contributed by atoms with Gasteiger partial charge in [0.25, 0.3) is 0 Å². The first-order valence-electron chi connectivity index (χ1n) is 15.8. The summed E-state index contributed by atoms with van der Waals surface area (Å²) in [6.07, 6.45) is 4.85. The van der Waals surface area contributed by atoms with Gasteiger partial charge in [0.1, 0.15) is 29.1 Å². The first kappa shape index (κ1) is 30.8. The molecule has 0 saturated carbocycles. The fraction of sp³-hybridized carbons (Fsp3) is 0.588. The van der Waals surface area contributed by atoms with Crippen LogP contribution >= 0.6 is 0 Å². The Labute approximate surface area is 258 Å². The third-order valence-electron chi connectivity index (χ3n) is 8.93. The number of hydrogen-bond donors (Lipinski definition) is 0. The third kappa shape index (κ3) is 6.03. The molecule has 0 radical (unpaired) electrons. The summed E-state index contributed by atoms with van der Waals surface area (Å²) in [6, 6.07) is 6.54. The number of amides is 1. The molecule has 1 amide bonds. The molecule has 4 heterocycles. The highest BCUT2D eigenvalue weighted by molar-refractivity contribution is 5.84. The zero-order chi connectivity index (χ0) is 31.3. The number of ether oxygens (including phenoxy) is 3. The minimum atomic E-state index is -0.630. The highest BCUT2D eigenvalue weighted by Gasteiger charge is 2.40. The van der Waals surface area contributed by atoms with Crippen molar-refractivity contribution in [3.05, 3.63) is 58.8 Å². The Hall–Kier alpha value is -3.24. The normalized spacial score (nSPS) is 23.1. The molecule has 3 atom stereocenters. The quantitative estimate of drug-likeness (QED) is 0.299. The predicted molar refractivity (Wildman–Crippen MR) is 164 cm³/mol. The molecule has 0 bridgehead atoms. The van der Waals surface area contributed by atoms with Crippen LogP contribution in [0.2, 0.25) is 0 Å². The van der Waals surface area contributed by atoms with Gasteiger partial charge in [-0.25, -0.2) is 18.3 Å². The van der Waals surface area contributed by atoms with Crippen molar-refractivity contribution in [2.75, 3.05) is 26.7 Å². The summed E-state index contributed by atoms with van der Waals surface area (Å²) in [4.78, 5) is 16.0. The average molecular weight is 611 g/mol. The summed E-state index contributed by atoms with van der Waals surface area (Å²) in [7, 11) is 2.04. The Morgan fingerprint density at radius 1 is 1.14 bits per heavy atom. The number of hydrogen-bond acceptors (Lipinski definition) is 6. The van der Waals surface area contributed by atoms with Crippen LogP contribution in [0.25, 0.3) is 10.9 Å². The van der Waals surface area contributed by atoms with Crippen LogP contribution in [0.5, 0.6) is 5.75 Å². The number of rotatable bonds is 6. The lowest BCUT2D eigenvalue weighted by molar-refractivity contribution is -0.0366. The van der Waals surface area contributed by atoms with Crippen LogP contribution in [0.1, 0.15) is 89.1 Å². The van der Waals surface area contributed by atoms with Gasteiger partial charge in [-0.2, -0.15) is 5.10 Å². The molecule has 3 aliphatic heterocycles. The smallest absolute Gasteiger partial charge is 0.410 e. The Kier molecular flexibility index (Phi) is 8.34. The lowest BCUT2D eigenvalue weighted by atomic mass is 9.75. The minimum Gasteiger partial charge on any atom is -0.487 e. The first-order valence-corrected chi connectivity index (χ1v) is 15.8. The molecule has 44 heavy (non-hydrogen) atoms. The maximum Gasteiger partial charge on any atom is 0.410 e. The summed E-state index contributed by atoms with van der Waals surface area (Å²) < 4.78 is 51.5. The zero-order valence-electron chi connectivity index (χ0n) is 26.6. The molecule has 3 aromatic rings. The summed E-state index contributed by atoms with van der Waals surface area (Å²) in [5.41, 5.74) is 2.43. The van der Waals surface area contributed by atoms with E-state index < -0.39 is 29.2 Å². The van der Waals surface area contributed by atoms with Crippen LogP contribution in [0.4, 0.5) is 13.6 Å². The average Bonchev–Trinajstić information content (AvgIpc) is 3.35. The van der Waals surface area contributed by atoms with E-state index in [1.165, 1.54) is 17.0 Å². The Balaban J connectivity index is 1.30. The number of aromatic nitrogens is 2. The number of halogens is 2. The number of nitrogens with zero attached hydrogens (tertiary/aromatic N) is 4. The summed E-state index contributed by atoms with van der Waals surface area (Å²) in [6.45, 7) is 11.7. The van der Waals surface area contributed by atoms with Crippen LogP contribution in [-0.2, 0) is 16.0 Å². The summed E-state index contributed by atoms with van der Waals surface area (Å²) in [5, 5.41) is 5.71. The molecule has 6 rings (SSSR count). The monoisotopic (exact) mass is 610 g/mol. The van der Waals surface area contributed by atoms with Crippen molar-refractivity contribution in [1.82, 2.24) is 19.6 Å². The molecule has 0 N–H and O–H groups in total. The van der Waals surface area contributed by atoms with Crippen molar-refractivity contribution in [3.8, 4) is 5.75 Å². The molecule has 1 aromatic heterocycles. The molecule has 2 saturated heterocycles. The van der Waals surface area contributed by atoms with Crippen LogP contribution < -0.4 is 4.74 Å². The fourth-order valence-corrected chi connectivity index (χ4v) is 6.89. The topological polar surface area (TPSA) is 69.1 Å². The van der Waals surface area contributed by atoms with Gasteiger partial charge in [-0.05, 0) is 76.6 Å². The summed E-state index contributed by atoms with van der Waals surface area (Å²) >= 11 is 0. The lowest BCUT2D eigenvalue weighted by Gasteiger charge is -2.42. The number of likely N-dealkylation sites (N-methyl/N-ethyl adjacent to an activating group) is 1. The predicted octanol–water partition coefficient (Wildman–Crippen LogP) is 7.00. The van der Waals surface area contributed by atoms with Crippen molar-refractivity contribution in [2.45, 2.75) is 96.7 Å². The maximum atomic E-state index is 16.1. The highest BCUT2D eigenvalue weighted by Crippen LogP contribution is 2.45. The van der Waals surface area contributed by atoms with E-state index in [0.29, 0.717) is 25.6 Å². The molecule has 0 aliphatic carbocycles. The Morgan fingerprint density at radius 3 is 2.50 bits per heavy atom. The van der Waals surface area contributed by atoms with Gasteiger partial charge in [-0.15, -0.1) is 0 Å². The van der Waals surface area contributed by atoms with Gasteiger partial charge in [0.15, 0.2) is 6.23 Å². The second-order valence-corrected chi connectivity index (χ2v) is 14.0. The lowest BCUT2D eigenvalue weighted by Crippen LogP contribution is -2.57. The first-order chi connectivity index (χ1) is 20.9. The highest BCUT2D eigenvalue weighted by atomic mass is 19.1. The molecule has 1 unspecified atom stereocenters. The van der Waals surface area contributed by atoms with Gasteiger partial charge >= 0.3 is 6.09 Å². The van der Waals surface area contributed by atoms with Crippen molar-refractivity contribution in [1.29, 1.82) is 0 Å². The van der Waals surface area contributed by atoms with Crippen molar-refractivity contribution in [2.24, 2.45) is 5.92 Å². The molecule has 0 spiro atoms. The minimum absolute atomic E-state index is 0.0575. The second kappa shape index (κ2) is 11.9. The SMILES string of the molecule is CC(C)C[C@H]1[C@H](c2c(F)cc(OC3CN(C(=O)OC(C)(C)C)C3)cc2F)c2ccc3c(cnn3C3CCCCO3)c2CN1C. The van der Waals surface area contributed by atoms with Crippen molar-refractivity contribution < 1.29 is 27.8 Å². The summed E-state index contributed by atoms with van der Waals surface area (Å²) in [5.74, 6) is -1.32. The van der Waals surface area contributed by atoms with Crippen LogP contribution in [0.15, 0.2) is 30.5 Å². The van der Waals surface area contributed by atoms with Crippen LogP contribution in [-0.4, -0.2) is 70.2 Å². The second-order valence-electron chi connectivity index (χ2n) is 14.0. The van der Waals surface area contributed by atoms with Gasteiger partial charge in [-0.1, -0.05) is 19.9 Å². The number of carbonyl (C=O) groups is 1. The Bertz CT molecular complexity index is 1500. The number of carbonyl (C=O) groups excluding carboxylic acids is 1. The number of fused-ring (bicyclic) bond motifs is 3. The third-order valence-corrected chi connectivity index (χ3v) is 8.93. The van der Waals surface area contributed by atoms with Gasteiger partial charge in [0.2, 0.25) is 0 Å². The van der Waals surface area contributed by atoms with E-state index in [1.807, 2.05) is 50.8 Å². The van der Waals surface area contributed by atoms with E-state index in [0.717, 1.165) is 54.3 Å². The molecular weight excluding hydrogens is 566 g/mol. The van der Waals surface area contributed by atoms with Crippen LogP contribution in [0.3, 0.4) is 0 Å². The van der Waals surface area contributed by atoms with Gasteiger partial charge < -0.3 is 19.1 Å².